The van der Waals surface area contributed by atoms with Crippen LogP contribution in [0.4, 0.5) is 0 Å². The van der Waals surface area contributed by atoms with Crippen molar-refractivity contribution in [3.8, 4) is 40.6 Å². The molecule has 0 aliphatic carbocycles. The van der Waals surface area contributed by atoms with Gasteiger partial charge in [0.1, 0.15) is 5.75 Å². The maximum Gasteiger partial charge on any atom is 0.222 e. The summed E-state index contributed by atoms with van der Waals surface area (Å²) < 4.78 is 17.7. The summed E-state index contributed by atoms with van der Waals surface area (Å²) in [6.07, 6.45) is 0. The molecule has 5 rings (SSSR count). The smallest absolute Gasteiger partial charge is 0.222 e. The van der Waals surface area contributed by atoms with Crippen molar-refractivity contribution < 1.29 is 19.3 Å². The lowest BCUT2D eigenvalue weighted by molar-refractivity contribution is 0.364. The average molecular weight is 412 g/mol. The van der Waals surface area contributed by atoms with E-state index in [4.69, 9.17) is 19.2 Å². The SMILES string of the molecule is CC1(C)c2cccc(c2)Oc2cccc(n2)Oc2cccc(c2O)Oc2cccc1n2. The van der Waals surface area contributed by atoms with E-state index in [9.17, 15) is 5.11 Å². The van der Waals surface area contributed by atoms with Crippen LogP contribution in [0.2, 0.25) is 0 Å². The zero-order chi connectivity index (χ0) is 21.4. The highest BCUT2D eigenvalue weighted by Gasteiger charge is 2.26. The molecule has 31 heavy (non-hydrogen) atoms. The van der Waals surface area contributed by atoms with Gasteiger partial charge in [0.15, 0.2) is 11.5 Å². The normalized spacial score (nSPS) is 14.0. The number of pyridine rings is 2. The molecule has 6 nitrogen and oxygen atoms in total. The number of aromatic hydroxyl groups is 1. The standard InChI is InChI=1S/C25H20N2O4/c1-25(2)16-7-3-8-17(15-16)29-22-13-6-14-23(27-22)31-19-10-4-9-18(24(19)28)30-21-12-5-11-20(25)26-21/h3-15,28H,1-2H3. The predicted octanol–water partition coefficient (Wildman–Crippen LogP) is 6.20. The van der Waals surface area contributed by atoms with Gasteiger partial charge in [-0.3, -0.25) is 0 Å². The third kappa shape index (κ3) is 3.64. The van der Waals surface area contributed by atoms with E-state index < -0.39 is 5.41 Å². The molecule has 1 aliphatic heterocycles. The third-order valence-electron chi connectivity index (χ3n) is 5.23. The predicted molar refractivity (Wildman–Crippen MR) is 115 cm³/mol. The van der Waals surface area contributed by atoms with Crippen LogP contribution in [0.25, 0.3) is 0 Å². The van der Waals surface area contributed by atoms with E-state index in [1.54, 1.807) is 42.5 Å². The largest absolute Gasteiger partial charge is 0.502 e. The second-order valence-corrected chi connectivity index (χ2v) is 7.74. The summed E-state index contributed by atoms with van der Waals surface area (Å²) in [6.45, 7) is 4.18. The van der Waals surface area contributed by atoms with E-state index >= 15 is 0 Å². The zero-order valence-electron chi connectivity index (χ0n) is 17.1. The highest BCUT2D eigenvalue weighted by molar-refractivity contribution is 5.52. The lowest BCUT2D eigenvalue weighted by atomic mass is 9.81. The molecule has 4 aromatic rings. The van der Waals surface area contributed by atoms with Crippen molar-refractivity contribution in [2.24, 2.45) is 0 Å². The summed E-state index contributed by atoms with van der Waals surface area (Å²) in [6, 6.07) is 23.7. The number of fused-ring (bicyclic) bond motifs is 8. The number of hydrogen-bond donors (Lipinski definition) is 1. The molecule has 0 amide bonds. The Morgan fingerprint density at radius 2 is 1.26 bits per heavy atom. The fraction of sp³-hybridized carbons (Fsp3) is 0.120. The van der Waals surface area contributed by atoms with Gasteiger partial charge in [0.2, 0.25) is 23.4 Å². The molecule has 3 heterocycles. The van der Waals surface area contributed by atoms with Gasteiger partial charge in [-0.25, -0.2) is 4.98 Å². The molecule has 1 aliphatic rings. The molecule has 0 saturated carbocycles. The van der Waals surface area contributed by atoms with Crippen molar-refractivity contribution in [3.63, 3.8) is 0 Å². The van der Waals surface area contributed by atoms with Crippen molar-refractivity contribution in [1.82, 2.24) is 9.97 Å². The van der Waals surface area contributed by atoms with Crippen LogP contribution >= 0.6 is 0 Å². The van der Waals surface area contributed by atoms with Crippen molar-refractivity contribution in [1.29, 1.82) is 0 Å². The summed E-state index contributed by atoms with van der Waals surface area (Å²) >= 11 is 0. The molecule has 2 aromatic heterocycles. The van der Waals surface area contributed by atoms with Gasteiger partial charge in [-0.1, -0.05) is 44.2 Å². The average Bonchev–Trinajstić information content (AvgIpc) is 2.77. The zero-order valence-corrected chi connectivity index (χ0v) is 17.1. The number of phenolic OH excluding ortho intramolecular Hbond substituents is 1. The van der Waals surface area contributed by atoms with Crippen LogP contribution < -0.4 is 14.2 Å². The van der Waals surface area contributed by atoms with Crippen molar-refractivity contribution in [3.05, 3.63) is 90.1 Å². The maximum absolute atomic E-state index is 10.7. The van der Waals surface area contributed by atoms with E-state index in [-0.39, 0.29) is 23.1 Å². The van der Waals surface area contributed by atoms with E-state index in [0.29, 0.717) is 17.5 Å². The number of nitrogens with zero attached hydrogens (tertiary/aromatic N) is 2. The first kappa shape index (κ1) is 18.9. The molecule has 0 unspecified atom stereocenters. The van der Waals surface area contributed by atoms with Crippen molar-refractivity contribution in [2.75, 3.05) is 0 Å². The van der Waals surface area contributed by atoms with Crippen molar-refractivity contribution >= 4 is 0 Å². The number of ether oxygens (including phenoxy) is 3. The number of phenols is 1. The maximum atomic E-state index is 10.7. The number of hydrogen-bond acceptors (Lipinski definition) is 6. The second-order valence-electron chi connectivity index (χ2n) is 7.74. The molecule has 6 heteroatoms. The Labute approximate surface area is 179 Å². The van der Waals surface area contributed by atoms with E-state index in [1.165, 1.54) is 0 Å². The van der Waals surface area contributed by atoms with Crippen LogP contribution in [0.3, 0.4) is 0 Å². The molecule has 154 valence electrons. The highest BCUT2D eigenvalue weighted by atomic mass is 16.5. The first-order valence-electron chi connectivity index (χ1n) is 9.90. The Morgan fingerprint density at radius 1 is 0.677 bits per heavy atom. The van der Waals surface area contributed by atoms with Crippen LogP contribution in [0, 0.1) is 0 Å². The monoisotopic (exact) mass is 412 g/mol. The Kier molecular flexibility index (Phi) is 4.47. The number of para-hydroxylation sites is 1. The first-order valence-corrected chi connectivity index (χ1v) is 9.90. The summed E-state index contributed by atoms with van der Waals surface area (Å²) in [4.78, 5) is 9.10. The minimum atomic E-state index is -0.419. The Hall–Kier alpha value is -4.06. The van der Waals surface area contributed by atoms with Gasteiger partial charge >= 0.3 is 0 Å². The van der Waals surface area contributed by atoms with Crippen LogP contribution in [0.5, 0.6) is 40.6 Å². The second kappa shape index (κ2) is 7.32. The summed E-state index contributed by atoms with van der Waals surface area (Å²) in [5.74, 6) is 2.01. The van der Waals surface area contributed by atoms with Crippen molar-refractivity contribution in [2.45, 2.75) is 19.3 Å². The minimum Gasteiger partial charge on any atom is -0.502 e. The highest BCUT2D eigenvalue weighted by Crippen LogP contribution is 2.41. The lowest BCUT2D eigenvalue weighted by Crippen LogP contribution is -2.20. The summed E-state index contributed by atoms with van der Waals surface area (Å²) in [5, 5.41) is 10.7. The number of aromatic nitrogens is 2. The van der Waals surface area contributed by atoms with Gasteiger partial charge in [-0.05, 0) is 35.9 Å². The van der Waals surface area contributed by atoms with E-state index in [1.807, 2.05) is 36.4 Å². The third-order valence-corrected chi connectivity index (χ3v) is 5.23. The van der Waals surface area contributed by atoms with Gasteiger partial charge in [0.25, 0.3) is 0 Å². The fourth-order valence-electron chi connectivity index (χ4n) is 3.44. The summed E-state index contributed by atoms with van der Waals surface area (Å²) in [5.41, 5.74) is 1.43. The van der Waals surface area contributed by atoms with Crippen LogP contribution in [-0.2, 0) is 5.41 Å². The lowest BCUT2D eigenvalue weighted by Gasteiger charge is -2.26. The van der Waals surface area contributed by atoms with E-state index in [2.05, 4.69) is 18.8 Å². The van der Waals surface area contributed by atoms with Crippen LogP contribution in [0.15, 0.2) is 78.9 Å². The molecule has 0 fully saturated rings. The van der Waals surface area contributed by atoms with Crippen LogP contribution in [-0.4, -0.2) is 15.1 Å². The van der Waals surface area contributed by atoms with Gasteiger partial charge in [0, 0.05) is 23.6 Å². The summed E-state index contributed by atoms with van der Waals surface area (Å²) in [7, 11) is 0. The van der Waals surface area contributed by atoms with Gasteiger partial charge in [0.05, 0.1) is 5.69 Å². The topological polar surface area (TPSA) is 73.7 Å². The molecule has 1 N–H and O–H groups in total. The molecular formula is C25H20N2O4. The van der Waals surface area contributed by atoms with Gasteiger partial charge in [-0.15, -0.1) is 0 Å². The molecular weight excluding hydrogens is 392 g/mol. The number of benzene rings is 2. The fourth-order valence-corrected chi connectivity index (χ4v) is 3.44. The molecule has 8 bridgehead atoms. The van der Waals surface area contributed by atoms with Gasteiger partial charge < -0.3 is 19.3 Å². The molecule has 0 spiro atoms. The first-order chi connectivity index (χ1) is 15.0. The molecule has 0 saturated heterocycles. The Bertz CT molecular complexity index is 1270. The quantitative estimate of drug-likeness (QED) is 0.371. The Balaban J connectivity index is 1.69. The van der Waals surface area contributed by atoms with E-state index in [0.717, 1.165) is 11.3 Å². The van der Waals surface area contributed by atoms with Crippen LogP contribution in [0.1, 0.15) is 25.1 Å². The number of rotatable bonds is 0. The van der Waals surface area contributed by atoms with Gasteiger partial charge in [-0.2, -0.15) is 4.98 Å². The molecule has 2 aromatic carbocycles. The Morgan fingerprint density at radius 3 is 2.00 bits per heavy atom. The minimum absolute atomic E-state index is 0.139. The molecule has 0 radical (unpaired) electrons. The molecule has 0 atom stereocenters.